The average molecular weight is 316 g/mol. The Morgan fingerprint density at radius 2 is 1.23 bits per heavy atom. The molecule has 3 atom stereocenters. The molecule has 0 amide bonds. The van der Waals surface area contributed by atoms with Crippen molar-refractivity contribution < 1.29 is 28.6 Å². The summed E-state index contributed by atoms with van der Waals surface area (Å²) in [6.07, 6.45) is 3.24. The summed E-state index contributed by atoms with van der Waals surface area (Å²) in [7, 11) is 3.76. The van der Waals surface area contributed by atoms with Crippen molar-refractivity contribution in [2.24, 2.45) is 17.8 Å². The van der Waals surface area contributed by atoms with Gasteiger partial charge in [0.05, 0.1) is 39.1 Å². The highest BCUT2D eigenvalue weighted by Gasteiger charge is 2.39. The van der Waals surface area contributed by atoms with E-state index in [1.165, 1.54) is 27.4 Å². The van der Waals surface area contributed by atoms with E-state index in [1.54, 1.807) is 6.08 Å². The van der Waals surface area contributed by atoms with Crippen LogP contribution in [0.3, 0.4) is 0 Å². The lowest BCUT2D eigenvalue weighted by Crippen LogP contribution is -2.36. The minimum absolute atomic E-state index is 0.176. The zero-order valence-corrected chi connectivity index (χ0v) is 14.5. The predicted molar refractivity (Wildman–Crippen MR) is 83.0 cm³/mol. The SMILES string of the molecule is CC.CC.COC(=O)C1C=CC(C(=O)OC)C(C(=O)OC)C1. The highest BCUT2D eigenvalue weighted by Crippen LogP contribution is 2.31. The van der Waals surface area contributed by atoms with Gasteiger partial charge in [-0.05, 0) is 6.42 Å². The number of methoxy groups -OCH3 is 3. The van der Waals surface area contributed by atoms with Gasteiger partial charge in [0, 0.05) is 0 Å². The summed E-state index contributed by atoms with van der Waals surface area (Å²) in [6, 6.07) is 0. The van der Waals surface area contributed by atoms with Crippen molar-refractivity contribution in [3.63, 3.8) is 0 Å². The van der Waals surface area contributed by atoms with Crippen molar-refractivity contribution in [2.45, 2.75) is 34.1 Å². The first-order valence-corrected chi connectivity index (χ1v) is 7.47. The third kappa shape index (κ3) is 6.28. The van der Waals surface area contributed by atoms with E-state index in [9.17, 15) is 14.4 Å². The normalized spacial score (nSPS) is 22.0. The highest BCUT2D eigenvalue weighted by molar-refractivity contribution is 5.85. The predicted octanol–water partition coefficient (Wildman–Crippen LogP) is 2.37. The number of hydrogen-bond donors (Lipinski definition) is 0. The Balaban J connectivity index is 0. The van der Waals surface area contributed by atoms with Crippen molar-refractivity contribution in [1.82, 2.24) is 0 Å². The Kier molecular flexibility index (Phi) is 13.1. The fraction of sp³-hybridized carbons (Fsp3) is 0.688. The van der Waals surface area contributed by atoms with Gasteiger partial charge in [0.1, 0.15) is 0 Å². The molecule has 22 heavy (non-hydrogen) atoms. The number of carbonyl (C=O) groups is 3. The zero-order valence-electron chi connectivity index (χ0n) is 14.5. The van der Waals surface area contributed by atoms with Crippen LogP contribution in [-0.4, -0.2) is 39.2 Å². The Bertz CT molecular complexity index is 375. The van der Waals surface area contributed by atoms with Gasteiger partial charge in [-0.3, -0.25) is 14.4 Å². The van der Waals surface area contributed by atoms with Crippen LogP contribution in [-0.2, 0) is 28.6 Å². The zero-order chi connectivity index (χ0) is 17.7. The second kappa shape index (κ2) is 12.9. The van der Waals surface area contributed by atoms with E-state index < -0.39 is 35.7 Å². The fourth-order valence-corrected chi connectivity index (χ4v) is 1.99. The van der Waals surface area contributed by atoms with Crippen LogP contribution >= 0.6 is 0 Å². The lowest BCUT2D eigenvalue weighted by Gasteiger charge is -2.27. The lowest BCUT2D eigenvalue weighted by molar-refractivity contribution is -0.158. The maximum atomic E-state index is 11.6. The van der Waals surface area contributed by atoms with Gasteiger partial charge in [0.2, 0.25) is 0 Å². The minimum Gasteiger partial charge on any atom is -0.469 e. The van der Waals surface area contributed by atoms with E-state index >= 15 is 0 Å². The van der Waals surface area contributed by atoms with Crippen LogP contribution in [0.5, 0.6) is 0 Å². The van der Waals surface area contributed by atoms with Crippen molar-refractivity contribution >= 4 is 17.9 Å². The molecule has 6 nitrogen and oxygen atoms in total. The summed E-state index contributed by atoms with van der Waals surface area (Å²) in [6.45, 7) is 8.00. The number of hydrogen-bond acceptors (Lipinski definition) is 6. The number of esters is 3. The van der Waals surface area contributed by atoms with Crippen LogP contribution in [0.25, 0.3) is 0 Å². The van der Waals surface area contributed by atoms with Crippen LogP contribution in [0.1, 0.15) is 34.1 Å². The van der Waals surface area contributed by atoms with Crippen molar-refractivity contribution in [3.05, 3.63) is 12.2 Å². The van der Waals surface area contributed by atoms with Crippen LogP contribution in [0.15, 0.2) is 12.2 Å². The first kappa shape index (κ1) is 22.4. The van der Waals surface area contributed by atoms with E-state index in [2.05, 4.69) is 14.2 Å². The minimum atomic E-state index is -0.725. The molecule has 1 rings (SSSR count). The molecule has 3 unspecified atom stereocenters. The van der Waals surface area contributed by atoms with E-state index in [0.717, 1.165) is 0 Å². The van der Waals surface area contributed by atoms with Crippen molar-refractivity contribution in [3.8, 4) is 0 Å². The van der Waals surface area contributed by atoms with Crippen LogP contribution < -0.4 is 0 Å². The molecule has 0 radical (unpaired) electrons. The van der Waals surface area contributed by atoms with E-state index in [-0.39, 0.29) is 6.42 Å². The summed E-state index contributed by atoms with van der Waals surface area (Å²) in [4.78, 5) is 34.6. The van der Waals surface area contributed by atoms with E-state index in [1.807, 2.05) is 27.7 Å². The molecule has 0 heterocycles. The van der Waals surface area contributed by atoms with Gasteiger partial charge in [-0.1, -0.05) is 39.8 Å². The molecule has 0 aliphatic heterocycles. The molecular formula is C16H28O6. The third-order valence-corrected chi connectivity index (χ3v) is 2.97. The van der Waals surface area contributed by atoms with Gasteiger partial charge < -0.3 is 14.2 Å². The Hall–Kier alpha value is -1.85. The summed E-state index contributed by atoms with van der Waals surface area (Å²) >= 11 is 0. The van der Waals surface area contributed by atoms with Gasteiger partial charge in [-0.25, -0.2) is 0 Å². The van der Waals surface area contributed by atoms with Crippen molar-refractivity contribution in [1.29, 1.82) is 0 Å². The summed E-state index contributed by atoms with van der Waals surface area (Å²) in [5.41, 5.74) is 0. The van der Waals surface area contributed by atoms with Gasteiger partial charge in [0.25, 0.3) is 0 Å². The molecular weight excluding hydrogens is 288 g/mol. The molecule has 0 saturated heterocycles. The second-order valence-electron chi connectivity index (χ2n) is 3.93. The molecule has 0 aromatic rings. The van der Waals surface area contributed by atoms with Crippen LogP contribution in [0.4, 0.5) is 0 Å². The van der Waals surface area contributed by atoms with Crippen LogP contribution in [0.2, 0.25) is 0 Å². The Labute approximate surface area is 132 Å². The summed E-state index contributed by atoms with van der Waals surface area (Å²) in [5.74, 6) is -3.49. The second-order valence-corrected chi connectivity index (χ2v) is 3.93. The molecule has 0 saturated carbocycles. The Morgan fingerprint density at radius 1 is 0.773 bits per heavy atom. The van der Waals surface area contributed by atoms with Crippen LogP contribution in [0, 0.1) is 17.8 Å². The smallest absolute Gasteiger partial charge is 0.313 e. The molecule has 0 fully saturated rings. The maximum absolute atomic E-state index is 11.6. The quantitative estimate of drug-likeness (QED) is 0.452. The molecule has 0 bridgehead atoms. The maximum Gasteiger partial charge on any atom is 0.313 e. The lowest BCUT2D eigenvalue weighted by atomic mass is 9.79. The summed E-state index contributed by atoms with van der Waals surface area (Å²) < 4.78 is 13.9. The van der Waals surface area contributed by atoms with Gasteiger partial charge >= 0.3 is 17.9 Å². The third-order valence-electron chi connectivity index (χ3n) is 2.97. The number of ether oxygens (including phenoxy) is 3. The first-order valence-electron chi connectivity index (χ1n) is 7.47. The van der Waals surface area contributed by atoms with Gasteiger partial charge in [-0.2, -0.15) is 0 Å². The molecule has 6 heteroatoms. The molecule has 0 N–H and O–H groups in total. The van der Waals surface area contributed by atoms with Gasteiger partial charge in [0.15, 0.2) is 0 Å². The average Bonchev–Trinajstić information content (AvgIpc) is 2.62. The fourth-order valence-electron chi connectivity index (χ4n) is 1.99. The molecule has 0 aromatic carbocycles. The summed E-state index contributed by atoms with van der Waals surface area (Å²) in [5, 5.41) is 0. The van der Waals surface area contributed by atoms with E-state index in [0.29, 0.717) is 0 Å². The van der Waals surface area contributed by atoms with E-state index in [4.69, 9.17) is 0 Å². The largest absolute Gasteiger partial charge is 0.469 e. The first-order chi connectivity index (χ1) is 10.5. The number of carbonyl (C=O) groups excluding carboxylic acids is 3. The Morgan fingerprint density at radius 3 is 1.64 bits per heavy atom. The standard InChI is InChI=1S/C12H16O6.2C2H6/c1-16-10(13)7-4-5-8(11(14)17-2)9(6-7)12(15)18-3;2*1-2/h4-5,7-9H,6H2,1-3H3;2*1-2H3. The van der Waals surface area contributed by atoms with Gasteiger partial charge in [-0.15, -0.1) is 0 Å². The molecule has 0 spiro atoms. The molecule has 1 aliphatic rings. The monoisotopic (exact) mass is 316 g/mol. The van der Waals surface area contributed by atoms with Crippen molar-refractivity contribution in [2.75, 3.05) is 21.3 Å². The topological polar surface area (TPSA) is 78.9 Å². The number of rotatable bonds is 3. The molecule has 128 valence electrons. The molecule has 1 aliphatic carbocycles. The highest BCUT2D eigenvalue weighted by atomic mass is 16.5. The molecule has 0 aromatic heterocycles.